The molecule has 352 valence electrons. The van der Waals surface area contributed by atoms with Crippen molar-refractivity contribution in [1.82, 2.24) is 25.8 Å². The summed E-state index contributed by atoms with van der Waals surface area (Å²) in [4.78, 5) is 66.7. The molecule has 2 aliphatic carbocycles. The van der Waals surface area contributed by atoms with Crippen LogP contribution in [0.5, 0.6) is 11.5 Å². The van der Waals surface area contributed by atoms with E-state index in [-0.39, 0.29) is 36.6 Å². The van der Waals surface area contributed by atoms with Crippen molar-refractivity contribution in [2.75, 3.05) is 19.4 Å². The quantitative estimate of drug-likeness (QED) is 0.0760. The third-order valence-electron chi connectivity index (χ3n) is 13.2. The lowest BCUT2D eigenvalue weighted by molar-refractivity contribution is -0.140. The third-order valence-corrected chi connectivity index (χ3v) is 17.3. The number of hydrogen-bond donors (Lipinski definition) is 5. The van der Waals surface area contributed by atoms with Gasteiger partial charge in [-0.25, -0.2) is 23.6 Å². The van der Waals surface area contributed by atoms with Crippen molar-refractivity contribution in [3.05, 3.63) is 64.3 Å². The van der Waals surface area contributed by atoms with Crippen LogP contribution in [0.2, 0.25) is 5.02 Å². The molecule has 3 aliphatic heterocycles. The number of halogens is 3. The summed E-state index contributed by atoms with van der Waals surface area (Å²) < 4.78 is 62.5. The summed E-state index contributed by atoms with van der Waals surface area (Å²) in [5.41, 5.74) is 0.395. The Labute approximate surface area is 386 Å². The molecule has 2 saturated carbocycles. The number of aliphatic imine (C=N–C) groups is 1. The first-order valence-corrected chi connectivity index (χ1v) is 26.0. The second-order valence-electron chi connectivity index (χ2n) is 18.2. The van der Waals surface area contributed by atoms with Gasteiger partial charge in [-0.2, -0.15) is 11.4 Å². The van der Waals surface area contributed by atoms with E-state index in [0.717, 1.165) is 74.3 Å². The number of amidine groups is 1. The highest BCUT2D eigenvalue weighted by molar-refractivity contribution is 8.00. The SMILES string of the molecule is COc1ccc2c(O[C@@H]3C[C@H]4C(=O)N[C@]5(P(=O)(O)Cc6c(F)cccc6F)CC5CCCCCCC[C@H](NC(=O)OC5CCCC5)C(=O)N4C3)cc(C3=[SH]CC(NC(C)C)=N3)nc2c1Cl. The van der Waals surface area contributed by atoms with Gasteiger partial charge in [-0.3, -0.25) is 14.2 Å². The molecule has 4 N–H and O–H groups in total. The van der Waals surface area contributed by atoms with Gasteiger partial charge in [0.25, 0.3) is 0 Å². The lowest BCUT2D eigenvalue weighted by Gasteiger charge is -2.31. The second kappa shape index (κ2) is 19.9. The molecule has 5 aliphatic rings. The van der Waals surface area contributed by atoms with Gasteiger partial charge in [-0.1, -0.05) is 49.8 Å². The van der Waals surface area contributed by atoms with Crippen LogP contribution in [0.1, 0.15) is 109 Å². The van der Waals surface area contributed by atoms with Crippen LogP contribution in [0.3, 0.4) is 0 Å². The number of amides is 3. The minimum Gasteiger partial charge on any atom is -0.495 e. The highest BCUT2D eigenvalue weighted by Crippen LogP contribution is 2.71. The lowest BCUT2D eigenvalue weighted by Crippen LogP contribution is -2.55. The summed E-state index contributed by atoms with van der Waals surface area (Å²) in [7, 11) is -3.05. The zero-order valence-electron chi connectivity index (χ0n) is 36.9. The largest absolute Gasteiger partial charge is 0.495 e. The van der Waals surface area contributed by atoms with Gasteiger partial charge in [0.2, 0.25) is 19.2 Å². The van der Waals surface area contributed by atoms with Crippen molar-refractivity contribution >= 4 is 70.0 Å². The number of methoxy groups -OCH3 is 1. The first-order chi connectivity index (χ1) is 31.2. The van der Waals surface area contributed by atoms with Gasteiger partial charge < -0.3 is 40.0 Å². The number of aromatic nitrogens is 1. The second-order valence-corrected chi connectivity index (χ2v) is 22.1. The van der Waals surface area contributed by atoms with Gasteiger partial charge in [-0.15, -0.1) is 0 Å². The zero-order valence-corrected chi connectivity index (χ0v) is 39.5. The number of rotatable bonds is 10. The zero-order chi connectivity index (χ0) is 46.0. The van der Waals surface area contributed by atoms with Gasteiger partial charge >= 0.3 is 6.09 Å². The minimum absolute atomic E-state index is 0.0340. The van der Waals surface area contributed by atoms with E-state index in [1.807, 2.05) is 13.8 Å². The first-order valence-electron chi connectivity index (χ1n) is 22.7. The van der Waals surface area contributed by atoms with Gasteiger partial charge in [0.05, 0.1) is 31.0 Å². The Bertz CT molecular complexity index is 2420. The Morgan fingerprint density at radius 3 is 2.46 bits per heavy atom. The van der Waals surface area contributed by atoms with E-state index >= 15 is 0 Å². The maximum Gasteiger partial charge on any atom is 0.408 e. The number of carbonyl (C=O) groups excluding carboxylic acids is 3. The van der Waals surface area contributed by atoms with E-state index < -0.39 is 78.0 Å². The predicted molar refractivity (Wildman–Crippen MR) is 248 cm³/mol. The summed E-state index contributed by atoms with van der Waals surface area (Å²) in [6, 6.07) is 6.41. The molecule has 0 spiro atoms. The average molecular weight is 959 g/mol. The molecule has 8 rings (SSSR count). The van der Waals surface area contributed by atoms with Gasteiger partial charge in [-0.05, 0) is 89.0 Å². The molecule has 3 aromatic rings. The van der Waals surface area contributed by atoms with E-state index in [0.29, 0.717) is 64.5 Å². The highest BCUT2D eigenvalue weighted by Gasteiger charge is 2.66. The molecule has 19 heteroatoms. The molecule has 2 saturated heterocycles. The number of carbonyl (C=O) groups is 3. The Kier molecular flexibility index (Phi) is 14.4. The predicted octanol–water partition coefficient (Wildman–Crippen LogP) is 7.96. The van der Waals surface area contributed by atoms with Crippen LogP contribution < -0.4 is 25.4 Å². The summed E-state index contributed by atoms with van der Waals surface area (Å²) in [6.45, 7) is 3.98. The number of nitrogens with zero attached hydrogens (tertiary/aromatic N) is 3. The van der Waals surface area contributed by atoms with E-state index in [9.17, 15) is 32.6 Å². The molecule has 2 aromatic carbocycles. The van der Waals surface area contributed by atoms with Crippen molar-refractivity contribution in [3.63, 3.8) is 0 Å². The molecule has 6 atom stereocenters. The van der Waals surface area contributed by atoms with Crippen LogP contribution in [-0.4, -0.2) is 98.5 Å². The van der Waals surface area contributed by atoms with Crippen molar-refractivity contribution in [2.45, 2.75) is 139 Å². The maximum absolute atomic E-state index is 15.0. The summed E-state index contributed by atoms with van der Waals surface area (Å²) in [5, 5.41) is 8.23. The average Bonchev–Trinajstić information content (AvgIpc) is 3.68. The molecule has 4 fully saturated rings. The Hall–Kier alpha value is -4.31. The molecular weight excluding hydrogens is 901 g/mol. The van der Waals surface area contributed by atoms with Crippen LogP contribution >= 0.6 is 30.3 Å². The Morgan fingerprint density at radius 1 is 1.03 bits per heavy atom. The van der Waals surface area contributed by atoms with Crippen LogP contribution in [0.4, 0.5) is 13.6 Å². The Balaban J connectivity index is 1.14. The number of nitrogens with one attached hydrogen (secondary N) is 3. The highest BCUT2D eigenvalue weighted by atomic mass is 35.5. The molecular formula is C46H58ClF2N6O8PS. The van der Waals surface area contributed by atoms with Crippen molar-refractivity contribution in [1.29, 1.82) is 0 Å². The van der Waals surface area contributed by atoms with E-state index in [1.54, 1.807) is 18.2 Å². The monoisotopic (exact) mass is 958 g/mol. The molecule has 1 aromatic heterocycles. The van der Waals surface area contributed by atoms with E-state index in [4.69, 9.17) is 35.8 Å². The molecule has 14 nitrogen and oxygen atoms in total. The number of fused-ring (bicyclic) bond motifs is 3. The van der Waals surface area contributed by atoms with Crippen molar-refractivity contribution in [3.8, 4) is 11.5 Å². The third kappa shape index (κ3) is 10.3. The van der Waals surface area contributed by atoms with Gasteiger partial charge in [0.1, 0.15) is 68.6 Å². The minimum atomic E-state index is -4.56. The number of benzene rings is 2. The normalized spacial score (nSPS) is 26.4. The van der Waals surface area contributed by atoms with Crippen molar-refractivity contribution < 1.29 is 46.8 Å². The number of ether oxygens (including phenoxy) is 3. The van der Waals surface area contributed by atoms with Gasteiger partial charge in [0, 0.05) is 35.2 Å². The summed E-state index contributed by atoms with van der Waals surface area (Å²) in [6.07, 6.45) is 5.41. The fourth-order valence-electron chi connectivity index (χ4n) is 9.75. The molecule has 65 heavy (non-hydrogen) atoms. The molecule has 4 heterocycles. The molecule has 2 unspecified atom stereocenters. The lowest BCUT2D eigenvalue weighted by atomic mass is 10.0. The number of alkyl carbamates (subject to hydrolysis) is 1. The topological polar surface area (TPSA) is 181 Å². The number of pyridine rings is 1. The van der Waals surface area contributed by atoms with Crippen LogP contribution in [-0.2, 0) is 25.1 Å². The van der Waals surface area contributed by atoms with E-state index in [2.05, 4.69) is 16.0 Å². The summed E-state index contributed by atoms with van der Waals surface area (Å²) in [5.74, 6) is -1.31. The smallest absolute Gasteiger partial charge is 0.408 e. The fourth-order valence-corrected chi connectivity index (χ4v) is 13.5. The summed E-state index contributed by atoms with van der Waals surface area (Å²) >= 11 is 7.79. The van der Waals surface area contributed by atoms with Crippen LogP contribution in [0, 0.1) is 17.6 Å². The fraction of sp³-hybridized carbons (Fsp3) is 0.565. The molecule has 0 bridgehead atoms. The van der Waals surface area contributed by atoms with Gasteiger partial charge in [0.15, 0.2) is 0 Å². The standard InChI is InChI=1S/C46H58ClF2N6O8PS/c1-26(2)50-39-25-65-43(53-39)35-21-38(30-18-19-37(61-3)40(47)41(30)51-35)62-29-20-36-42(56)54-46(64(59,60)24-31-32(48)15-11-16-33(31)49)22-27(46)12-7-5-4-6-8-17-34(44(57)55(36)23-29)52-45(58)63-28-13-9-10-14-28/h11,15-16,18-19,21,26-29,34,36,65H,4-10,12-14,17,20,22-25H2,1-3H3,(H,50,53)(H,52,58)(H,54,56)(H,59,60)/t27?,29-,34+,36+,46+/m1/s1. The van der Waals surface area contributed by atoms with Crippen LogP contribution in [0.25, 0.3) is 10.9 Å². The molecule has 3 amide bonds. The number of hydrogen-bond acceptors (Lipinski definition) is 10. The van der Waals surface area contributed by atoms with Crippen LogP contribution in [0.15, 0.2) is 41.4 Å². The Morgan fingerprint density at radius 2 is 1.74 bits per heavy atom. The molecule has 0 radical (unpaired) electrons. The van der Waals surface area contributed by atoms with E-state index in [1.165, 1.54) is 18.1 Å². The number of thiol groups is 1. The van der Waals surface area contributed by atoms with Crippen molar-refractivity contribution in [2.24, 2.45) is 10.9 Å². The first kappa shape index (κ1) is 47.2. The maximum atomic E-state index is 15.0.